The number of ether oxygens (including phenoxy) is 4. The molecule has 0 aromatic rings. The second kappa shape index (κ2) is 3.30. The molecule has 0 aromatic carbocycles. The maximum atomic E-state index is 5.47. The minimum Gasteiger partial charge on any atom is -0.350 e. The molecule has 0 N–H and O–H groups in total. The Labute approximate surface area is 71.7 Å². The number of rotatable bonds is 1. The molecule has 0 saturated carbocycles. The van der Waals surface area contributed by atoms with Crippen LogP contribution in [0.15, 0.2) is 0 Å². The summed E-state index contributed by atoms with van der Waals surface area (Å²) in [5.41, 5.74) is 0. The van der Waals surface area contributed by atoms with Gasteiger partial charge in [-0.05, 0) is 13.8 Å². The van der Waals surface area contributed by atoms with Crippen LogP contribution in [-0.4, -0.2) is 38.0 Å². The fourth-order valence-electron chi connectivity index (χ4n) is 1.50. The molecule has 2 saturated heterocycles. The molecule has 0 radical (unpaired) electrons. The van der Waals surface area contributed by atoms with Crippen LogP contribution in [0.3, 0.4) is 0 Å². The Morgan fingerprint density at radius 1 is 0.833 bits per heavy atom. The van der Waals surface area contributed by atoms with E-state index in [0.717, 1.165) is 0 Å². The molecule has 4 atom stereocenters. The van der Waals surface area contributed by atoms with Crippen LogP contribution in [0.5, 0.6) is 0 Å². The third-order valence-electron chi connectivity index (χ3n) is 2.14. The lowest BCUT2D eigenvalue weighted by Gasteiger charge is -2.14. The van der Waals surface area contributed by atoms with Crippen LogP contribution in [0.4, 0.5) is 0 Å². The van der Waals surface area contributed by atoms with Gasteiger partial charge in [-0.3, -0.25) is 0 Å². The normalized spacial score (nSPS) is 48.5. The summed E-state index contributed by atoms with van der Waals surface area (Å²) < 4.78 is 21.4. The van der Waals surface area contributed by atoms with Crippen LogP contribution in [0, 0.1) is 0 Å². The van der Waals surface area contributed by atoms with E-state index < -0.39 is 0 Å². The van der Waals surface area contributed by atoms with Crippen molar-refractivity contribution in [1.29, 1.82) is 0 Å². The second-order valence-electron chi connectivity index (χ2n) is 3.15. The van der Waals surface area contributed by atoms with Gasteiger partial charge in [0.05, 0.1) is 13.2 Å². The summed E-state index contributed by atoms with van der Waals surface area (Å²) in [6.07, 6.45) is -0.112. The molecular formula is C8H14O4. The van der Waals surface area contributed by atoms with Crippen LogP contribution in [0.25, 0.3) is 0 Å². The third-order valence-corrected chi connectivity index (χ3v) is 2.14. The zero-order valence-electron chi connectivity index (χ0n) is 7.36. The highest BCUT2D eigenvalue weighted by Gasteiger charge is 2.35. The summed E-state index contributed by atoms with van der Waals surface area (Å²) in [6, 6.07) is 0. The molecule has 2 fully saturated rings. The summed E-state index contributed by atoms with van der Waals surface area (Å²) in [5, 5.41) is 0. The van der Waals surface area contributed by atoms with E-state index in [-0.39, 0.29) is 24.8 Å². The van der Waals surface area contributed by atoms with Crippen molar-refractivity contribution in [3.05, 3.63) is 0 Å². The summed E-state index contributed by atoms with van der Waals surface area (Å²) >= 11 is 0. The van der Waals surface area contributed by atoms with E-state index in [1.165, 1.54) is 0 Å². The molecule has 2 aliphatic rings. The lowest BCUT2D eigenvalue weighted by molar-refractivity contribution is -0.0919. The first-order chi connectivity index (χ1) is 5.75. The van der Waals surface area contributed by atoms with Crippen LogP contribution in [-0.2, 0) is 18.9 Å². The molecule has 4 heteroatoms. The quantitative estimate of drug-likeness (QED) is 0.580. The predicted molar refractivity (Wildman–Crippen MR) is 40.6 cm³/mol. The monoisotopic (exact) mass is 174 g/mol. The van der Waals surface area contributed by atoms with Crippen molar-refractivity contribution in [1.82, 2.24) is 0 Å². The largest absolute Gasteiger partial charge is 0.350 e. The van der Waals surface area contributed by atoms with Gasteiger partial charge in [0.15, 0.2) is 12.6 Å². The molecule has 4 nitrogen and oxygen atoms in total. The van der Waals surface area contributed by atoms with Crippen molar-refractivity contribution >= 4 is 0 Å². The lowest BCUT2D eigenvalue weighted by atomic mass is 10.2. The molecule has 0 amide bonds. The Balaban J connectivity index is 1.85. The van der Waals surface area contributed by atoms with E-state index in [9.17, 15) is 0 Å². The highest BCUT2D eigenvalue weighted by atomic mass is 16.8. The highest BCUT2D eigenvalue weighted by Crippen LogP contribution is 2.21. The van der Waals surface area contributed by atoms with Crippen molar-refractivity contribution < 1.29 is 18.9 Å². The molecule has 0 spiro atoms. The van der Waals surface area contributed by atoms with Gasteiger partial charge in [0.2, 0.25) is 0 Å². The van der Waals surface area contributed by atoms with Crippen molar-refractivity contribution in [2.24, 2.45) is 0 Å². The SMILES string of the molecule is C[C@@H]1OC[C@H]([C@H]2CO[C@H](C)O2)O1. The first kappa shape index (κ1) is 8.44. The zero-order chi connectivity index (χ0) is 8.55. The van der Waals surface area contributed by atoms with E-state index >= 15 is 0 Å². The van der Waals surface area contributed by atoms with Crippen molar-refractivity contribution in [3.8, 4) is 0 Å². The zero-order valence-corrected chi connectivity index (χ0v) is 7.36. The molecule has 2 rings (SSSR count). The predicted octanol–water partition coefficient (Wildman–Crippen LogP) is 0.509. The van der Waals surface area contributed by atoms with Gasteiger partial charge in [-0.25, -0.2) is 0 Å². The topological polar surface area (TPSA) is 36.9 Å². The standard InChI is InChI=1S/C8H14O4/c1-5-9-3-7(11-5)8-4-10-6(2)12-8/h5-8H,3-4H2,1-2H3/t5-,6+,7-,8-/m1/s1. The maximum Gasteiger partial charge on any atom is 0.155 e. The van der Waals surface area contributed by atoms with Gasteiger partial charge in [-0.1, -0.05) is 0 Å². The van der Waals surface area contributed by atoms with Gasteiger partial charge in [0.1, 0.15) is 12.2 Å². The molecular weight excluding hydrogens is 160 g/mol. The van der Waals surface area contributed by atoms with Gasteiger partial charge in [0.25, 0.3) is 0 Å². The van der Waals surface area contributed by atoms with Crippen molar-refractivity contribution in [2.75, 3.05) is 13.2 Å². The van der Waals surface area contributed by atoms with Gasteiger partial charge in [-0.2, -0.15) is 0 Å². The van der Waals surface area contributed by atoms with E-state index in [2.05, 4.69) is 0 Å². The molecule has 0 aromatic heterocycles. The average molecular weight is 174 g/mol. The molecule has 12 heavy (non-hydrogen) atoms. The molecule has 2 aliphatic heterocycles. The molecule has 2 heterocycles. The van der Waals surface area contributed by atoms with E-state index in [0.29, 0.717) is 13.2 Å². The lowest BCUT2D eigenvalue weighted by Crippen LogP contribution is -2.30. The molecule has 0 aliphatic carbocycles. The van der Waals surface area contributed by atoms with Crippen LogP contribution >= 0.6 is 0 Å². The third kappa shape index (κ3) is 1.61. The molecule has 70 valence electrons. The van der Waals surface area contributed by atoms with E-state index in [1.807, 2.05) is 13.8 Å². The summed E-state index contributed by atoms with van der Waals surface area (Å²) in [6.45, 7) is 5.00. The fraction of sp³-hybridized carbons (Fsp3) is 1.00. The Kier molecular flexibility index (Phi) is 2.32. The fourth-order valence-corrected chi connectivity index (χ4v) is 1.50. The minimum atomic E-state index is -0.102. The summed E-state index contributed by atoms with van der Waals surface area (Å²) in [7, 11) is 0. The smallest absolute Gasteiger partial charge is 0.155 e. The molecule has 0 bridgehead atoms. The average Bonchev–Trinajstić information content (AvgIpc) is 2.58. The van der Waals surface area contributed by atoms with Gasteiger partial charge >= 0.3 is 0 Å². The van der Waals surface area contributed by atoms with Crippen molar-refractivity contribution in [2.45, 2.75) is 38.6 Å². The highest BCUT2D eigenvalue weighted by molar-refractivity contribution is 4.77. The summed E-state index contributed by atoms with van der Waals surface area (Å²) in [4.78, 5) is 0. The van der Waals surface area contributed by atoms with Crippen LogP contribution in [0.2, 0.25) is 0 Å². The number of hydrogen-bond acceptors (Lipinski definition) is 4. The first-order valence-electron chi connectivity index (χ1n) is 4.30. The van der Waals surface area contributed by atoms with Gasteiger partial charge < -0.3 is 18.9 Å². The van der Waals surface area contributed by atoms with Crippen LogP contribution < -0.4 is 0 Å². The van der Waals surface area contributed by atoms with Gasteiger partial charge in [-0.15, -0.1) is 0 Å². The first-order valence-corrected chi connectivity index (χ1v) is 4.30. The summed E-state index contributed by atoms with van der Waals surface area (Å²) in [5.74, 6) is 0. The Hall–Kier alpha value is -0.160. The maximum absolute atomic E-state index is 5.47. The second-order valence-corrected chi connectivity index (χ2v) is 3.15. The number of hydrogen-bond donors (Lipinski definition) is 0. The van der Waals surface area contributed by atoms with Crippen molar-refractivity contribution in [3.63, 3.8) is 0 Å². The van der Waals surface area contributed by atoms with E-state index in [4.69, 9.17) is 18.9 Å². The Bertz CT molecular complexity index is 143. The Morgan fingerprint density at radius 3 is 1.50 bits per heavy atom. The van der Waals surface area contributed by atoms with Crippen LogP contribution in [0.1, 0.15) is 13.8 Å². The van der Waals surface area contributed by atoms with Gasteiger partial charge in [0, 0.05) is 0 Å². The Morgan fingerprint density at radius 2 is 1.25 bits per heavy atom. The van der Waals surface area contributed by atoms with E-state index in [1.54, 1.807) is 0 Å². The molecule has 0 unspecified atom stereocenters. The minimum absolute atomic E-state index is 0.0462.